The maximum atomic E-state index is 9.33. The summed E-state index contributed by atoms with van der Waals surface area (Å²) >= 11 is 5.71. The van der Waals surface area contributed by atoms with E-state index in [4.69, 9.17) is 11.6 Å². The van der Waals surface area contributed by atoms with E-state index in [2.05, 4.69) is 5.73 Å². The van der Waals surface area contributed by atoms with Crippen LogP contribution in [0.25, 0.3) is 0 Å². The zero-order chi connectivity index (χ0) is 8.27. The van der Waals surface area contributed by atoms with Crippen molar-refractivity contribution in [2.75, 3.05) is 6.54 Å². The van der Waals surface area contributed by atoms with Gasteiger partial charge in [-0.25, -0.2) is 0 Å². The fourth-order valence-corrected chi connectivity index (χ4v) is 1.08. The number of quaternary nitrogens is 1. The molecule has 2 nitrogen and oxygen atoms in total. The molecule has 0 bridgehead atoms. The third-order valence-electron chi connectivity index (χ3n) is 1.51. The zero-order valence-corrected chi connectivity index (χ0v) is 6.88. The van der Waals surface area contributed by atoms with Crippen LogP contribution >= 0.6 is 11.6 Å². The smallest absolute Gasteiger partial charge is 0.128 e. The average Bonchev–Trinajstić information content (AvgIpc) is 2.03. The van der Waals surface area contributed by atoms with Gasteiger partial charge in [0.15, 0.2) is 0 Å². The molecule has 0 aliphatic rings. The van der Waals surface area contributed by atoms with E-state index in [1.807, 2.05) is 12.1 Å². The van der Waals surface area contributed by atoms with Crippen LogP contribution in [0.5, 0.6) is 0 Å². The number of aliphatic hydroxyl groups excluding tert-OH is 1. The maximum Gasteiger partial charge on any atom is 0.128 e. The monoisotopic (exact) mass is 172 g/mol. The lowest BCUT2D eigenvalue weighted by molar-refractivity contribution is -0.385. The molecule has 1 unspecified atom stereocenters. The Balaban J connectivity index is 2.86. The summed E-state index contributed by atoms with van der Waals surface area (Å²) < 4.78 is 0. The quantitative estimate of drug-likeness (QED) is 0.675. The predicted octanol–water partition coefficient (Wildman–Crippen LogP) is 0.615. The molecule has 3 heteroatoms. The molecule has 0 amide bonds. The standard InChI is InChI=1S/C8H10ClNO/c9-7-3-1-2-6(4-7)8(11)5-10/h1-4,8,11H,5,10H2/p+1. The summed E-state index contributed by atoms with van der Waals surface area (Å²) in [5, 5.41) is 9.98. The minimum atomic E-state index is -0.492. The van der Waals surface area contributed by atoms with Crippen molar-refractivity contribution in [3.8, 4) is 0 Å². The number of benzene rings is 1. The van der Waals surface area contributed by atoms with E-state index in [1.54, 1.807) is 12.1 Å². The Labute approximate surface area is 70.6 Å². The van der Waals surface area contributed by atoms with Gasteiger partial charge >= 0.3 is 0 Å². The van der Waals surface area contributed by atoms with Gasteiger partial charge in [0.25, 0.3) is 0 Å². The van der Waals surface area contributed by atoms with Crippen LogP contribution in [0.3, 0.4) is 0 Å². The molecule has 0 fully saturated rings. The molecule has 0 aromatic heterocycles. The first-order valence-electron chi connectivity index (χ1n) is 3.47. The van der Waals surface area contributed by atoms with Gasteiger partial charge in [-0.2, -0.15) is 0 Å². The Hall–Kier alpha value is -0.570. The van der Waals surface area contributed by atoms with Crippen molar-refractivity contribution in [1.82, 2.24) is 0 Å². The van der Waals surface area contributed by atoms with Gasteiger partial charge in [-0.3, -0.25) is 0 Å². The Morgan fingerprint density at radius 1 is 1.55 bits per heavy atom. The second-order valence-corrected chi connectivity index (χ2v) is 2.80. The van der Waals surface area contributed by atoms with Gasteiger partial charge < -0.3 is 10.8 Å². The third-order valence-corrected chi connectivity index (χ3v) is 1.74. The van der Waals surface area contributed by atoms with E-state index in [0.29, 0.717) is 11.6 Å². The van der Waals surface area contributed by atoms with Crippen molar-refractivity contribution in [1.29, 1.82) is 0 Å². The molecule has 1 atom stereocenters. The number of hydrogen-bond acceptors (Lipinski definition) is 1. The van der Waals surface area contributed by atoms with E-state index >= 15 is 0 Å². The second kappa shape index (κ2) is 3.72. The lowest BCUT2D eigenvalue weighted by Crippen LogP contribution is -2.52. The highest BCUT2D eigenvalue weighted by Gasteiger charge is 2.05. The SMILES string of the molecule is [NH3+]CC(O)c1cccc(Cl)c1. The Bertz CT molecular complexity index is 239. The highest BCUT2D eigenvalue weighted by molar-refractivity contribution is 6.30. The Kier molecular flexibility index (Phi) is 2.88. The van der Waals surface area contributed by atoms with E-state index in [1.165, 1.54) is 0 Å². The fraction of sp³-hybridized carbons (Fsp3) is 0.250. The molecule has 4 N–H and O–H groups in total. The maximum absolute atomic E-state index is 9.33. The van der Waals surface area contributed by atoms with Crippen LogP contribution in [0.2, 0.25) is 5.02 Å². The van der Waals surface area contributed by atoms with Gasteiger partial charge in [0.2, 0.25) is 0 Å². The molecule has 0 heterocycles. The van der Waals surface area contributed by atoms with Gasteiger partial charge in [-0.1, -0.05) is 23.7 Å². The molecule has 0 radical (unpaired) electrons. The fourth-order valence-electron chi connectivity index (χ4n) is 0.881. The summed E-state index contributed by atoms with van der Waals surface area (Å²) in [7, 11) is 0. The van der Waals surface area contributed by atoms with Crippen molar-refractivity contribution in [2.24, 2.45) is 0 Å². The third kappa shape index (κ3) is 2.19. The van der Waals surface area contributed by atoms with Crippen LogP contribution in [0.1, 0.15) is 11.7 Å². The lowest BCUT2D eigenvalue weighted by Gasteiger charge is -2.05. The van der Waals surface area contributed by atoms with E-state index in [0.717, 1.165) is 5.56 Å². The number of hydrogen-bond donors (Lipinski definition) is 2. The largest absolute Gasteiger partial charge is 0.382 e. The van der Waals surface area contributed by atoms with E-state index in [9.17, 15) is 5.11 Å². The average molecular weight is 173 g/mol. The van der Waals surface area contributed by atoms with E-state index < -0.39 is 6.10 Å². The Morgan fingerprint density at radius 3 is 2.82 bits per heavy atom. The summed E-state index contributed by atoms with van der Waals surface area (Å²) in [6.45, 7) is 0.473. The molecular weight excluding hydrogens is 162 g/mol. The molecule has 0 aliphatic carbocycles. The number of rotatable bonds is 2. The summed E-state index contributed by atoms with van der Waals surface area (Å²) in [5.41, 5.74) is 4.42. The molecule has 1 rings (SSSR count). The van der Waals surface area contributed by atoms with Crippen LogP contribution in [0.4, 0.5) is 0 Å². The van der Waals surface area contributed by atoms with Crippen molar-refractivity contribution < 1.29 is 10.8 Å². The summed E-state index contributed by atoms with van der Waals surface area (Å²) in [6, 6.07) is 7.18. The summed E-state index contributed by atoms with van der Waals surface area (Å²) in [4.78, 5) is 0. The zero-order valence-electron chi connectivity index (χ0n) is 6.13. The van der Waals surface area contributed by atoms with Gasteiger partial charge in [-0.15, -0.1) is 0 Å². The first-order valence-corrected chi connectivity index (χ1v) is 3.84. The molecule has 0 saturated carbocycles. The minimum Gasteiger partial charge on any atom is -0.382 e. The van der Waals surface area contributed by atoms with Gasteiger partial charge in [0, 0.05) is 5.02 Å². The molecule has 1 aromatic carbocycles. The first-order chi connectivity index (χ1) is 5.24. The van der Waals surface area contributed by atoms with Crippen LogP contribution in [0.15, 0.2) is 24.3 Å². The highest BCUT2D eigenvalue weighted by atomic mass is 35.5. The summed E-state index contributed by atoms with van der Waals surface area (Å²) in [5.74, 6) is 0. The highest BCUT2D eigenvalue weighted by Crippen LogP contribution is 2.15. The predicted molar refractivity (Wildman–Crippen MR) is 44.2 cm³/mol. The van der Waals surface area contributed by atoms with Crippen molar-refractivity contribution in [2.45, 2.75) is 6.10 Å². The topological polar surface area (TPSA) is 47.9 Å². The molecule has 1 aromatic rings. The van der Waals surface area contributed by atoms with Crippen molar-refractivity contribution >= 4 is 11.6 Å². The van der Waals surface area contributed by atoms with Crippen LogP contribution in [-0.4, -0.2) is 11.7 Å². The van der Waals surface area contributed by atoms with Crippen molar-refractivity contribution in [3.05, 3.63) is 34.9 Å². The normalized spacial score (nSPS) is 13.0. The van der Waals surface area contributed by atoms with Crippen LogP contribution in [-0.2, 0) is 0 Å². The lowest BCUT2D eigenvalue weighted by atomic mass is 10.1. The molecular formula is C8H11ClNO+. The van der Waals surface area contributed by atoms with E-state index in [-0.39, 0.29) is 0 Å². The Morgan fingerprint density at radius 2 is 2.27 bits per heavy atom. The molecule has 0 aliphatic heterocycles. The number of halogens is 1. The van der Waals surface area contributed by atoms with Gasteiger partial charge in [0.1, 0.15) is 12.6 Å². The number of aliphatic hydroxyl groups is 1. The van der Waals surface area contributed by atoms with Crippen LogP contribution in [0, 0.1) is 0 Å². The summed E-state index contributed by atoms with van der Waals surface area (Å²) in [6.07, 6.45) is -0.492. The minimum absolute atomic E-state index is 0.473. The van der Waals surface area contributed by atoms with Gasteiger partial charge in [0.05, 0.1) is 0 Å². The molecule has 60 valence electrons. The molecule has 11 heavy (non-hydrogen) atoms. The second-order valence-electron chi connectivity index (χ2n) is 2.36. The van der Waals surface area contributed by atoms with Gasteiger partial charge in [-0.05, 0) is 17.7 Å². The van der Waals surface area contributed by atoms with Crippen LogP contribution < -0.4 is 5.73 Å². The van der Waals surface area contributed by atoms with Crippen molar-refractivity contribution in [3.63, 3.8) is 0 Å². The first kappa shape index (κ1) is 8.53. The molecule has 0 spiro atoms. The molecule has 0 saturated heterocycles.